The highest BCUT2D eigenvalue weighted by molar-refractivity contribution is 5.91. The van der Waals surface area contributed by atoms with E-state index in [1.54, 1.807) is 28.9 Å². The second-order valence-electron chi connectivity index (χ2n) is 11.1. The quantitative estimate of drug-likeness (QED) is 0.197. The van der Waals surface area contributed by atoms with Crippen molar-refractivity contribution in [3.63, 3.8) is 0 Å². The molecule has 44 heavy (non-hydrogen) atoms. The molecule has 3 aromatic heterocycles. The molecule has 0 bridgehead atoms. The number of amides is 2. The minimum absolute atomic E-state index is 0.0415. The zero-order valence-electron chi connectivity index (χ0n) is 25.0. The maximum atomic E-state index is 13.7. The molecule has 1 aliphatic rings. The number of urea groups is 1. The molecule has 1 fully saturated rings. The molecule has 228 valence electrons. The van der Waals surface area contributed by atoms with E-state index in [4.69, 9.17) is 4.98 Å². The van der Waals surface area contributed by atoms with Gasteiger partial charge in [-0.1, -0.05) is 30.3 Å². The predicted molar refractivity (Wildman–Crippen MR) is 169 cm³/mol. The molecule has 3 heterocycles. The molecule has 2 amide bonds. The minimum Gasteiger partial charge on any atom is -0.393 e. The van der Waals surface area contributed by atoms with E-state index >= 15 is 0 Å². The van der Waals surface area contributed by atoms with E-state index in [1.165, 1.54) is 6.20 Å². The van der Waals surface area contributed by atoms with Gasteiger partial charge in [0.15, 0.2) is 0 Å². The third-order valence-corrected chi connectivity index (χ3v) is 7.70. The number of aliphatic hydroxyl groups is 1. The molecule has 1 aromatic carbocycles. The summed E-state index contributed by atoms with van der Waals surface area (Å²) in [5, 5.41) is 32.9. The number of nitrogens with zero attached hydrogens (tertiary/aromatic N) is 7. The highest BCUT2D eigenvalue weighted by Gasteiger charge is 2.31. The van der Waals surface area contributed by atoms with Crippen LogP contribution in [0.4, 0.5) is 22.4 Å². The summed E-state index contributed by atoms with van der Waals surface area (Å²) in [7, 11) is 1.87. The largest absolute Gasteiger partial charge is 0.393 e. The molecule has 0 spiro atoms. The summed E-state index contributed by atoms with van der Waals surface area (Å²) in [5.74, 6) is 1.49. The zero-order chi connectivity index (χ0) is 30.9. The van der Waals surface area contributed by atoms with Crippen molar-refractivity contribution >= 4 is 23.6 Å². The SMILES string of the molecule is CC(O)CCNc1nc(N[C@H]2CC[C@H](N(C(=O)NCc3ccccc3)c3ccc(-c4cnn(C)c4)cn3)CC2)ncc1C#N. The van der Waals surface area contributed by atoms with Gasteiger partial charge in [-0.05, 0) is 56.7 Å². The molecule has 1 saturated carbocycles. The topological polar surface area (TPSA) is 157 Å². The number of aliphatic hydroxyl groups excluding tert-OH is 1. The zero-order valence-corrected chi connectivity index (χ0v) is 25.0. The van der Waals surface area contributed by atoms with Gasteiger partial charge in [-0.25, -0.2) is 14.8 Å². The number of nitriles is 1. The standard InChI is InChI=1S/C32H38N10O2/c1-22(43)14-15-34-30-25(16-33)19-36-31(40-30)39-27-9-11-28(12-10-27)42(32(44)37-17-23-6-4-3-5-7-23)29-13-8-24(18-35-29)26-20-38-41(2)21-26/h3-8,13,18-22,27-28,43H,9-12,14-15,17H2,1-2H3,(H,37,44)(H2,34,36,39,40)/t22?,27-,28-. The second-order valence-corrected chi connectivity index (χ2v) is 11.1. The van der Waals surface area contributed by atoms with Crippen LogP contribution in [-0.4, -0.2) is 60.6 Å². The van der Waals surface area contributed by atoms with Gasteiger partial charge in [0.25, 0.3) is 0 Å². The van der Waals surface area contributed by atoms with Crippen LogP contribution in [0.5, 0.6) is 0 Å². The van der Waals surface area contributed by atoms with Gasteiger partial charge in [-0.2, -0.15) is 15.3 Å². The van der Waals surface area contributed by atoms with Gasteiger partial charge >= 0.3 is 6.03 Å². The van der Waals surface area contributed by atoms with Crippen LogP contribution in [0, 0.1) is 11.3 Å². The molecule has 0 aliphatic heterocycles. The van der Waals surface area contributed by atoms with E-state index < -0.39 is 6.10 Å². The maximum absolute atomic E-state index is 13.7. The number of hydrogen-bond acceptors (Lipinski definition) is 9. The van der Waals surface area contributed by atoms with Crippen LogP contribution in [-0.2, 0) is 13.6 Å². The first kappa shape index (κ1) is 30.4. The van der Waals surface area contributed by atoms with Crippen LogP contribution < -0.4 is 20.9 Å². The van der Waals surface area contributed by atoms with Crippen LogP contribution in [0.2, 0.25) is 0 Å². The first-order chi connectivity index (χ1) is 21.4. The smallest absolute Gasteiger partial charge is 0.323 e. The fraction of sp³-hybridized carbons (Fsp3) is 0.375. The lowest BCUT2D eigenvalue weighted by Gasteiger charge is -2.36. The van der Waals surface area contributed by atoms with E-state index in [0.717, 1.165) is 42.4 Å². The number of hydrogen-bond donors (Lipinski definition) is 4. The molecular formula is C32H38N10O2. The third kappa shape index (κ3) is 7.87. The Balaban J connectivity index is 1.26. The van der Waals surface area contributed by atoms with Gasteiger partial charge in [0.2, 0.25) is 5.95 Å². The fourth-order valence-corrected chi connectivity index (χ4v) is 5.31. The Hall–Kier alpha value is -5.02. The van der Waals surface area contributed by atoms with Crippen LogP contribution >= 0.6 is 0 Å². The van der Waals surface area contributed by atoms with E-state index in [0.29, 0.717) is 42.7 Å². The number of anilines is 3. The number of carbonyl (C=O) groups is 1. The summed E-state index contributed by atoms with van der Waals surface area (Å²) in [6.45, 7) is 2.63. The average molecular weight is 595 g/mol. The molecule has 4 aromatic rings. The first-order valence-electron chi connectivity index (χ1n) is 14.9. The van der Waals surface area contributed by atoms with Crippen molar-refractivity contribution in [3.8, 4) is 17.2 Å². The summed E-state index contributed by atoms with van der Waals surface area (Å²) < 4.78 is 1.75. The molecule has 5 rings (SSSR count). The van der Waals surface area contributed by atoms with Crippen molar-refractivity contribution in [3.05, 3.63) is 78.4 Å². The number of pyridine rings is 1. The van der Waals surface area contributed by atoms with E-state index in [2.05, 4.69) is 37.1 Å². The Labute approximate surface area is 257 Å². The number of aromatic nitrogens is 5. The van der Waals surface area contributed by atoms with E-state index in [-0.39, 0.29) is 18.1 Å². The van der Waals surface area contributed by atoms with E-state index in [1.807, 2.05) is 55.7 Å². The number of nitrogens with one attached hydrogen (secondary N) is 3. The first-order valence-corrected chi connectivity index (χ1v) is 14.9. The summed E-state index contributed by atoms with van der Waals surface area (Å²) in [4.78, 5) is 29.0. The number of rotatable bonds is 11. The Bertz CT molecular complexity index is 1560. The molecule has 0 radical (unpaired) electrons. The lowest BCUT2D eigenvalue weighted by Crippen LogP contribution is -2.49. The van der Waals surface area contributed by atoms with E-state index in [9.17, 15) is 15.2 Å². The minimum atomic E-state index is -0.447. The molecule has 4 N–H and O–H groups in total. The van der Waals surface area contributed by atoms with Crippen molar-refractivity contribution < 1.29 is 9.90 Å². The monoisotopic (exact) mass is 594 g/mol. The molecular weight excluding hydrogens is 556 g/mol. The Morgan fingerprint density at radius 1 is 1.09 bits per heavy atom. The molecule has 1 atom stereocenters. The Kier molecular flexibility index (Phi) is 9.99. The molecule has 0 saturated heterocycles. The Morgan fingerprint density at radius 3 is 2.55 bits per heavy atom. The van der Waals surface area contributed by atoms with Gasteiger partial charge in [0, 0.05) is 55.7 Å². The van der Waals surface area contributed by atoms with Crippen molar-refractivity contribution in [1.29, 1.82) is 5.26 Å². The van der Waals surface area contributed by atoms with Gasteiger partial charge in [-0.3, -0.25) is 9.58 Å². The predicted octanol–water partition coefficient (Wildman–Crippen LogP) is 4.47. The van der Waals surface area contributed by atoms with Crippen molar-refractivity contribution in [2.24, 2.45) is 7.05 Å². The van der Waals surface area contributed by atoms with Gasteiger partial charge in [0.1, 0.15) is 23.3 Å². The highest BCUT2D eigenvalue weighted by Crippen LogP contribution is 2.29. The molecule has 1 unspecified atom stereocenters. The second kappa shape index (κ2) is 14.4. The lowest BCUT2D eigenvalue weighted by atomic mass is 9.90. The molecule has 12 nitrogen and oxygen atoms in total. The van der Waals surface area contributed by atoms with Gasteiger partial charge in [0.05, 0.1) is 18.5 Å². The summed E-state index contributed by atoms with van der Waals surface area (Å²) >= 11 is 0. The number of carbonyl (C=O) groups excluding carboxylic acids is 1. The van der Waals surface area contributed by atoms with Gasteiger partial charge < -0.3 is 21.1 Å². The van der Waals surface area contributed by atoms with Crippen LogP contribution in [0.15, 0.2) is 67.3 Å². The average Bonchev–Trinajstić information content (AvgIpc) is 3.48. The van der Waals surface area contributed by atoms with Crippen LogP contribution in [0.25, 0.3) is 11.1 Å². The summed E-state index contributed by atoms with van der Waals surface area (Å²) in [6.07, 6.45) is 10.2. The van der Waals surface area contributed by atoms with Gasteiger partial charge in [-0.15, -0.1) is 0 Å². The normalized spacial score (nSPS) is 16.9. The summed E-state index contributed by atoms with van der Waals surface area (Å²) in [6, 6.07) is 15.7. The van der Waals surface area contributed by atoms with Crippen molar-refractivity contribution in [2.75, 3.05) is 22.1 Å². The fourth-order valence-electron chi connectivity index (χ4n) is 5.31. The summed E-state index contributed by atoms with van der Waals surface area (Å²) in [5.41, 5.74) is 3.27. The van der Waals surface area contributed by atoms with Crippen LogP contribution in [0.1, 0.15) is 50.2 Å². The highest BCUT2D eigenvalue weighted by atomic mass is 16.3. The van der Waals surface area contributed by atoms with Crippen molar-refractivity contribution in [1.82, 2.24) is 30.0 Å². The number of benzene rings is 1. The lowest BCUT2D eigenvalue weighted by molar-refractivity contribution is 0.188. The molecule has 12 heteroatoms. The molecule has 1 aliphatic carbocycles. The van der Waals surface area contributed by atoms with Crippen LogP contribution in [0.3, 0.4) is 0 Å². The van der Waals surface area contributed by atoms with Crippen molar-refractivity contribution in [2.45, 2.75) is 63.8 Å². The third-order valence-electron chi connectivity index (χ3n) is 7.70. The number of aryl methyl sites for hydroxylation is 1. The Morgan fingerprint density at radius 2 is 1.89 bits per heavy atom. The maximum Gasteiger partial charge on any atom is 0.323 e.